The van der Waals surface area contributed by atoms with E-state index in [0.29, 0.717) is 22.4 Å². The highest BCUT2D eigenvalue weighted by atomic mass is 19.3. The van der Waals surface area contributed by atoms with Crippen molar-refractivity contribution in [3.8, 4) is 0 Å². The lowest BCUT2D eigenvalue weighted by atomic mass is 10.1. The zero-order valence-electron chi connectivity index (χ0n) is 33.7. The van der Waals surface area contributed by atoms with Crippen molar-refractivity contribution in [1.82, 2.24) is 9.13 Å². The molecule has 7 N–H and O–H groups in total. The molecule has 0 radical (unpaired) electrons. The van der Waals surface area contributed by atoms with Crippen molar-refractivity contribution in [2.24, 2.45) is 0 Å². The number of carboxylic acid groups (broad SMARTS) is 2. The number of aliphatic hydroxyl groups excluding tert-OH is 3. The third-order valence-electron chi connectivity index (χ3n) is 10.0. The summed E-state index contributed by atoms with van der Waals surface area (Å²) in [5.41, 5.74) is -0.0324. The molecule has 4 fully saturated rings. The van der Waals surface area contributed by atoms with Gasteiger partial charge < -0.3 is 64.7 Å². The molecular formula is C40H48F8N6O9. The van der Waals surface area contributed by atoms with Crippen molar-refractivity contribution in [1.29, 1.82) is 0 Å². The zero-order chi connectivity index (χ0) is 46.5. The molecule has 15 nitrogen and oxygen atoms in total. The molecule has 348 valence electrons. The van der Waals surface area contributed by atoms with Crippen molar-refractivity contribution in [2.75, 3.05) is 82.0 Å². The Labute approximate surface area is 353 Å². The zero-order valence-corrected chi connectivity index (χ0v) is 33.7. The van der Waals surface area contributed by atoms with E-state index < -0.39 is 84.7 Å². The summed E-state index contributed by atoms with van der Waals surface area (Å²) in [6, 6.07) is 6.06. The van der Waals surface area contributed by atoms with Crippen LogP contribution in [0.1, 0.15) is 58.5 Å². The van der Waals surface area contributed by atoms with Crippen LogP contribution in [0.3, 0.4) is 0 Å². The van der Waals surface area contributed by atoms with Gasteiger partial charge in [0.2, 0.25) is 0 Å². The van der Waals surface area contributed by atoms with Gasteiger partial charge in [-0.25, -0.2) is 35.1 Å². The Kier molecular flexibility index (Phi) is 18.6. The van der Waals surface area contributed by atoms with Gasteiger partial charge in [-0.05, 0) is 49.9 Å². The number of hydrogen-bond donors (Lipinski definition) is 5. The number of benzene rings is 2. The highest BCUT2D eigenvalue weighted by Gasteiger charge is 2.29. The molecule has 63 heavy (non-hydrogen) atoms. The fourth-order valence-electron chi connectivity index (χ4n) is 6.78. The number of carbonyl (C=O) groups excluding carboxylic acids is 2. The molecule has 2 aliphatic carbocycles. The second-order valence-corrected chi connectivity index (χ2v) is 14.7. The predicted octanol–water partition coefficient (Wildman–Crippen LogP) is -0.824. The van der Waals surface area contributed by atoms with Gasteiger partial charge in [-0.2, -0.15) is 0 Å². The number of nitrogens with two attached hydrogens (primary N) is 2. The monoisotopic (exact) mass is 908 g/mol. The van der Waals surface area contributed by atoms with E-state index in [0.717, 1.165) is 78.0 Å². The molecule has 2 aromatic heterocycles. The largest absolute Gasteiger partial charge is 0.545 e. The topological polar surface area (TPSA) is 225 Å². The molecule has 2 aliphatic heterocycles. The van der Waals surface area contributed by atoms with Crippen molar-refractivity contribution >= 4 is 45.1 Å². The highest BCUT2D eigenvalue weighted by Crippen LogP contribution is 2.39. The average molecular weight is 909 g/mol. The van der Waals surface area contributed by atoms with E-state index in [1.165, 1.54) is 24.5 Å². The molecule has 4 aromatic rings. The summed E-state index contributed by atoms with van der Waals surface area (Å²) < 4.78 is 95.9. The number of aromatic nitrogens is 2. The Morgan fingerprint density at radius 1 is 0.587 bits per heavy atom. The second-order valence-electron chi connectivity index (χ2n) is 14.7. The SMILES string of the molecule is O=C([O-])c1cn(C2CC2)c2cc(N3CC[NH2+]CC3)c(F)cc2c1=O.O=C([O-])c1cn(C2CC2)c2cc(N3CC[NH2+]CC3)c(F)cc2c1=O.OCC(F)F.OCC(F)F.OCC(F)F. The maximum Gasteiger partial charge on any atom is 0.261 e. The van der Waals surface area contributed by atoms with Gasteiger partial charge in [-0.15, -0.1) is 0 Å². The Hall–Kier alpha value is -5.36. The van der Waals surface area contributed by atoms with Gasteiger partial charge >= 0.3 is 0 Å². The molecule has 4 heterocycles. The molecule has 2 saturated carbocycles. The van der Waals surface area contributed by atoms with Gasteiger partial charge in [-0.1, -0.05) is 0 Å². The van der Waals surface area contributed by atoms with Crippen LogP contribution in [-0.2, 0) is 0 Å². The number of rotatable bonds is 9. The molecule has 0 amide bonds. The molecule has 2 aromatic carbocycles. The van der Waals surface area contributed by atoms with Gasteiger partial charge in [0.25, 0.3) is 19.3 Å². The lowest BCUT2D eigenvalue weighted by Gasteiger charge is -2.28. The molecule has 4 aliphatic rings. The summed E-state index contributed by atoms with van der Waals surface area (Å²) in [7, 11) is 0. The summed E-state index contributed by atoms with van der Waals surface area (Å²) >= 11 is 0. The van der Waals surface area contributed by atoms with Crippen LogP contribution in [0, 0.1) is 11.6 Å². The standard InChI is InChI=1S/2C17H18FN3O3.3C2H4F2O/c2*18-13-7-11-14(8-15(13)20-5-3-19-4-6-20)21(10-1-2-10)9-12(16(11)22)17(23)24;3*3-2(4)1-5/h2*7-10,19H,1-6H2,(H,23,24);3*2,5H,1H2. The quantitative estimate of drug-likeness (QED) is 0.131. The number of carbonyl (C=O) groups is 2. The fraction of sp³-hybridized carbons (Fsp3) is 0.500. The smallest absolute Gasteiger partial charge is 0.261 e. The number of aliphatic hydroxyl groups is 3. The van der Waals surface area contributed by atoms with Crippen LogP contribution >= 0.6 is 0 Å². The lowest BCUT2D eigenvalue weighted by Crippen LogP contribution is -2.89. The van der Waals surface area contributed by atoms with Crippen LogP contribution in [0.5, 0.6) is 0 Å². The number of piperazine rings is 2. The van der Waals surface area contributed by atoms with E-state index in [1.807, 2.05) is 9.80 Å². The maximum atomic E-state index is 14.6. The minimum atomic E-state index is -2.56. The average Bonchev–Trinajstić information content (AvgIpc) is 4.21. The summed E-state index contributed by atoms with van der Waals surface area (Å²) in [5, 5.41) is 49.2. The van der Waals surface area contributed by atoms with E-state index in [9.17, 15) is 64.5 Å². The van der Waals surface area contributed by atoms with Crippen molar-refractivity contribution in [2.45, 2.75) is 57.0 Å². The third kappa shape index (κ3) is 13.8. The van der Waals surface area contributed by atoms with E-state index >= 15 is 0 Å². The van der Waals surface area contributed by atoms with Gasteiger partial charge in [0.05, 0.1) is 97.8 Å². The van der Waals surface area contributed by atoms with Gasteiger partial charge in [0.1, 0.15) is 31.5 Å². The summed E-state index contributed by atoms with van der Waals surface area (Å²) in [4.78, 5) is 51.2. The van der Waals surface area contributed by atoms with Crippen LogP contribution in [0.2, 0.25) is 0 Å². The normalized spacial score (nSPS) is 16.1. The molecule has 8 rings (SSSR count). The van der Waals surface area contributed by atoms with Crippen LogP contribution < -0.4 is 41.5 Å². The van der Waals surface area contributed by atoms with Crippen LogP contribution in [0.4, 0.5) is 46.5 Å². The van der Waals surface area contributed by atoms with Crippen LogP contribution in [0.15, 0.2) is 46.2 Å². The fourth-order valence-corrected chi connectivity index (χ4v) is 6.78. The minimum absolute atomic E-state index is 0.105. The summed E-state index contributed by atoms with van der Waals surface area (Å²) in [6.07, 6.45) is -1.27. The Bertz CT molecular complexity index is 2130. The van der Waals surface area contributed by atoms with Crippen molar-refractivity contribution in [3.63, 3.8) is 0 Å². The van der Waals surface area contributed by atoms with Gasteiger partial charge in [0, 0.05) is 35.2 Å². The first-order chi connectivity index (χ1) is 29.9. The Morgan fingerprint density at radius 2 is 0.873 bits per heavy atom. The number of anilines is 2. The molecule has 2 saturated heterocycles. The molecule has 0 unspecified atom stereocenters. The van der Waals surface area contributed by atoms with E-state index in [1.54, 1.807) is 21.3 Å². The number of alkyl halides is 6. The Morgan fingerprint density at radius 3 is 1.11 bits per heavy atom. The molecule has 0 spiro atoms. The molecule has 23 heteroatoms. The molecule has 0 atom stereocenters. The van der Waals surface area contributed by atoms with E-state index in [4.69, 9.17) is 15.3 Å². The van der Waals surface area contributed by atoms with E-state index in [2.05, 4.69) is 10.6 Å². The highest BCUT2D eigenvalue weighted by molar-refractivity contribution is 5.93. The van der Waals surface area contributed by atoms with Crippen LogP contribution in [-0.4, -0.2) is 128 Å². The van der Waals surface area contributed by atoms with Gasteiger partial charge in [-0.3, -0.25) is 9.59 Å². The first-order valence-electron chi connectivity index (χ1n) is 19.9. The van der Waals surface area contributed by atoms with E-state index in [-0.39, 0.29) is 22.9 Å². The number of quaternary nitrogens is 2. The first kappa shape index (κ1) is 50.3. The molecular weight excluding hydrogens is 860 g/mol. The number of hydrogen-bond acceptors (Lipinski definition) is 11. The number of nitrogens with zero attached hydrogens (tertiary/aromatic N) is 4. The maximum absolute atomic E-state index is 14.6. The number of aromatic carboxylic acids is 2. The van der Waals surface area contributed by atoms with Crippen LogP contribution in [0.25, 0.3) is 21.8 Å². The summed E-state index contributed by atoms with van der Waals surface area (Å²) in [5.74, 6) is -4.02. The van der Waals surface area contributed by atoms with Crippen molar-refractivity contribution < 1.29 is 80.9 Å². The molecule has 0 bridgehead atoms. The number of carboxylic acids is 2. The number of pyridine rings is 2. The summed E-state index contributed by atoms with van der Waals surface area (Å²) in [6.45, 7) is 3.49. The third-order valence-corrected chi connectivity index (χ3v) is 10.0. The van der Waals surface area contributed by atoms with Crippen molar-refractivity contribution in [3.05, 3.63) is 79.9 Å². The number of fused-ring (bicyclic) bond motifs is 2. The first-order valence-corrected chi connectivity index (χ1v) is 19.9. The second kappa shape index (κ2) is 23.4. The number of halogens is 8. The Balaban J connectivity index is 0.000000210. The lowest BCUT2D eigenvalue weighted by molar-refractivity contribution is -0.655. The predicted molar refractivity (Wildman–Crippen MR) is 209 cm³/mol. The van der Waals surface area contributed by atoms with Gasteiger partial charge in [0.15, 0.2) is 10.9 Å². The minimum Gasteiger partial charge on any atom is -0.545 e.